The maximum atomic E-state index is 11.2. The minimum Gasteiger partial charge on any atom is -0.612 e. The predicted octanol–water partition coefficient (Wildman–Crippen LogP) is 2.64. The first-order valence-corrected chi connectivity index (χ1v) is 7.39. The molecule has 18 heavy (non-hydrogen) atoms. The second-order valence-electron chi connectivity index (χ2n) is 3.45. The van der Waals surface area contributed by atoms with Crippen LogP contribution in [0, 0.1) is 0 Å². The summed E-state index contributed by atoms with van der Waals surface area (Å²) in [6, 6.07) is 7.18. The Kier molecular flexibility index (Phi) is 3.85. The van der Waals surface area contributed by atoms with Crippen molar-refractivity contribution < 1.29 is 14.5 Å². The second-order valence-corrected chi connectivity index (χ2v) is 5.68. The van der Waals surface area contributed by atoms with E-state index < -0.39 is 17.3 Å². The van der Waals surface area contributed by atoms with E-state index >= 15 is 0 Å². The Hall–Kier alpha value is -1.57. The lowest BCUT2D eigenvalue weighted by Gasteiger charge is -2.04. The summed E-state index contributed by atoms with van der Waals surface area (Å²) in [5.41, 5.74) is 1.55. The second kappa shape index (κ2) is 5.38. The average Bonchev–Trinajstić information content (AvgIpc) is 2.76. The lowest BCUT2D eigenvalue weighted by atomic mass is 10.2. The molecule has 2 rings (SSSR count). The molecule has 2 N–H and O–H groups in total. The standard InChI is InChI=1S/C11H10N2O3S2/c1-18(16)8-4-2-7(3-5-8)9-6-17-10(12-9)13-11(14)15/h2-6H,1H3,(H,12,13)(H,14,15). The van der Waals surface area contributed by atoms with Gasteiger partial charge in [0.05, 0.1) is 5.69 Å². The van der Waals surface area contributed by atoms with Crippen molar-refractivity contribution in [3.63, 3.8) is 0 Å². The molecule has 0 aliphatic heterocycles. The summed E-state index contributed by atoms with van der Waals surface area (Å²) in [5.74, 6) is 0. The number of anilines is 1. The monoisotopic (exact) mass is 282 g/mol. The fourth-order valence-corrected chi connectivity index (χ4v) is 2.60. The minimum atomic E-state index is -1.13. The van der Waals surface area contributed by atoms with Gasteiger partial charge in [-0.1, -0.05) is 0 Å². The molecule has 1 aromatic carbocycles. The number of benzene rings is 1. The normalized spacial score (nSPS) is 12.1. The van der Waals surface area contributed by atoms with Crippen LogP contribution in [0.15, 0.2) is 34.5 Å². The highest BCUT2D eigenvalue weighted by Crippen LogP contribution is 2.25. The Morgan fingerprint density at radius 2 is 2.11 bits per heavy atom. The summed E-state index contributed by atoms with van der Waals surface area (Å²) in [6.45, 7) is 0. The quantitative estimate of drug-likeness (QED) is 0.847. The summed E-state index contributed by atoms with van der Waals surface area (Å²) < 4.78 is 11.2. The molecule has 0 aliphatic carbocycles. The molecule has 0 radical (unpaired) electrons. The van der Waals surface area contributed by atoms with Crippen LogP contribution in [0.4, 0.5) is 9.93 Å². The maximum absolute atomic E-state index is 11.2. The molecule has 0 bridgehead atoms. The molecule has 0 spiro atoms. The summed E-state index contributed by atoms with van der Waals surface area (Å²) in [6.07, 6.45) is 0.486. The zero-order chi connectivity index (χ0) is 13.1. The van der Waals surface area contributed by atoms with Crippen LogP contribution in [0.25, 0.3) is 11.3 Å². The molecule has 0 fully saturated rings. The number of nitrogens with one attached hydrogen (secondary N) is 1. The molecule has 1 heterocycles. The molecule has 7 heteroatoms. The van der Waals surface area contributed by atoms with Crippen LogP contribution >= 0.6 is 11.3 Å². The minimum absolute atomic E-state index is 0.334. The first-order chi connectivity index (χ1) is 8.56. The molecule has 1 atom stereocenters. The highest BCUT2D eigenvalue weighted by atomic mass is 32.2. The SMILES string of the molecule is C[S+]([O-])c1ccc(-c2csc(NC(=O)O)n2)cc1. The van der Waals surface area contributed by atoms with Gasteiger partial charge in [-0.05, 0) is 35.4 Å². The zero-order valence-electron chi connectivity index (χ0n) is 9.41. The lowest BCUT2D eigenvalue weighted by Crippen LogP contribution is -2.06. The highest BCUT2D eigenvalue weighted by molar-refractivity contribution is 7.90. The molecule has 1 aromatic heterocycles. The van der Waals surface area contributed by atoms with Crippen LogP contribution in [0.5, 0.6) is 0 Å². The molecule has 1 amide bonds. The van der Waals surface area contributed by atoms with E-state index in [1.165, 1.54) is 11.3 Å². The summed E-state index contributed by atoms with van der Waals surface area (Å²) >= 11 is 0.216. The van der Waals surface area contributed by atoms with E-state index in [0.717, 1.165) is 10.5 Å². The average molecular weight is 282 g/mol. The van der Waals surface area contributed by atoms with Gasteiger partial charge < -0.3 is 9.66 Å². The third-order valence-electron chi connectivity index (χ3n) is 2.20. The first-order valence-electron chi connectivity index (χ1n) is 4.95. The Balaban J connectivity index is 2.20. The van der Waals surface area contributed by atoms with Gasteiger partial charge in [0.25, 0.3) is 0 Å². The number of hydrogen-bond acceptors (Lipinski definition) is 4. The van der Waals surface area contributed by atoms with Crippen LogP contribution in [-0.4, -0.2) is 27.0 Å². The van der Waals surface area contributed by atoms with Crippen LogP contribution in [0.3, 0.4) is 0 Å². The predicted molar refractivity (Wildman–Crippen MR) is 71.5 cm³/mol. The van der Waals surface area contributed by atoms with Crippen molar-refractivity contribution in [2.75, 3.05) is 11.6 Å². The number of hydrogen-bond donors (Lipinski definition) is 2. The van der Waals surface area contributed by atoms with Gasteiger partial charge in [0, 0.05) is 10.9 Å². The number of carbonyl (C=O) groups is 1. The first kappa shape index (κ1) is 12.9. The Bertz CT molecular complexity index is 552. The smallest absolute Gasteiger partial charge is 0.410 e. The molecule has 0 aliphatic rings. The number of rotatable bonds is 3. The molecular weight excluding hydrogens is 272 g/mol. The van der Waals surface area contributed by atoms with Crippen molar-refractivity contribution in [3.8, 4) is 11.3 Å². The van der Waals surface area contributed by atoms with Crippen molar-refractivity contribution in [2.24, 2.45) is 0 Å². The zero-order valence-corrected chi connectivity index (χ0v) is 11.0. The molecule has 5 nitrogen and oxygen atoms in total. The number of thiazole rings is 1. The Morgan fingerprint density at radius 3 is 2.67 bits per heavy atom. The molecule has 0 saturated carbocycles. The van der Waals surface area contributed by atoms with Gasteiger partial charge in [0.2, 0.25) is 0 Å². The third-order valence-corrected chi connectivity index (χ3v) is 3.89. The van der Waals surface area contributed by atoms with Crippen molar-refractivity contribution >= 4 is 33.7 Å². The van der Waals surface area contributed by atoms with Crippen molar-refractivity contribution in [1.82, 2.24) is 4.98 Å². The van der Waals surface area contributed by atoms with E-state index in [2.05, 4.69) is 10.3 Å². The van der Waals surface area contributed by atoms with E-state index in [9.17, 15) is 9.35 Å². The molecule has 94 valence electrons. The van der Waals surface area contributed by atoms with Gasteiger partial charge in [-0.2, -0.15) is 0 Å². The Labute approximate surface area is 111 Å². The number of aromatic nitrogens is 1. The molecule has 1 unspecified atom stereocenters. The topological polar surface area (TPSA) is 85.3 Å². The summed E-state index contributed by atoms with van der Waals surface area (Å²) in [5, 5.41) is 12.9. The third kappa shape index (κ3) is 3.00. The van der Waals surface area contributed by atoms with Crippen LogP contribution in [-0.2, 0) is 11.2 Å². The van der Waals surface area contributed by atoms with E-state index in [-0.39, 0.29) is 0 Å². The maximum Gasteiger partial charge on any atom is 0.410 e. The van der Waals surface area contributed by atoms with Gasteiger partial charge in [-0.25, -0.2) is 9.78 Å². The molecule has 2 aromatic rings. The van der Waals surface area contributed by atoms with Gasteiger partial charge in [-0.15, -0.1) is 11.3 Å². The van der Waals surface area contributed by atoms with Crippen LogP contribution in [0.2, 0.25) is 0 Å². The van der Waals surface area contributed by atoms with Gasteiger partial charge in [0.15, 0.2) is 10.0 Å². The van der Waals surface area contributed by atoms with E-state index in [0.29, 0.717) is 10.8 Å². The van der Waals surface area contributed by atoms with Crippen LogP contribution in [0.1, 0.15) is 0 Å². The van der Waals surface area contributed by atoms with E-state index in [1.54, 1.807) is 23.8 Å². The molecule has 0 saturated heterocycles. The van der Waals surface area contributed by atoms with Crippen molar-refractivity contribution in [1.29, 1.82) is 0 Å². The lowest BCUT2D eigenvalue weighted by molar-refractivity contribution is 0.209. The van der Waals surface area contributed by atoms with Gasteiger partial charge >= 0.3 is 6.09 Å². The van der Waals surface area contributed by atoms with Crippen molar-refractivity contribution in [3.05, 3.63) is 29.6 Å². The largest absolute Gasteiger partial charge is 0.612 e. The van der Waals surface area contributed by atoms with E-state index in [1.807, 2.05) is 12.1 Å². The van der Waals surface area contributed by atoms with Crippen molar-refractivity contribution in [2.45, 2.75) is 4.90 Å². The number of amides is 1. The summed E-state index contributed by atoms with van der Waals surface area (Å²) in [7, 11) is 0. The highest BCUT2D eigenvalue weighted by Gasteiger charge is 2.08. The fourth-order valence-electron chi connectivity index (χ4n) is 1.37. The Morgan fingerprint density at radius 1 is 1.44 bits per heavy atom. The molecular formula is C11H10N2O3S2. The van der Waals surface area contributed by atoms with Gasteiger partial charge in [-0.3, -0.25) is 5.32 Å². The number of nitrogens with zero attached hydrogens (tertiary/aromatic N) is 1. The summed E-state index contributed by atoms with van der Waals surface area (Å²) in [4.78, 5) is 15.3. The number of carboxylic acid groups (broad SMARTS) is 1. The van der Waals surface area contributed by atoms with Crippen LogP contribution < -0.4 is 5.32 Å². The van der Waals surface area contributed by atoms with Gasteiger partial charge in [0.1, 0.15) is 6.26 Å². The van der Waals surface area contributed by atoms with E-state index in [4.69, 9.17) is 5.11 Å². The fraction of sp³-hybridized carbons (Fsp3) is 0.0909.